The van der Waals surface area contributed by atoms with Gasteiger partial charge in [-0.1, -0.05) is 23.7 Å². The van der Waals surface area contributed by atoms with Crippen molar-refractivity contribution in [2.75, 3.05) is 25.0 Å². The van der Waals surface area contributed by atoms with Gasteiger partial charge in [-0.2, -0.15) is 0 Å². The fraction of sp³-hybridized carbons (Fsp3) is 0.538. The Balaban J connectivity index is 1.93. The van der Waals surface area contributed by atoms with Gasteiger partial charge >= 0.3 is 0 Å². The Labute approximate surface area is 102 Å². The standard InChI is InChI=1S/C13H19ClN2/c1-16(9-8-13(10-15)6-7-13)12-5-3-2-4-11(12)14/h2-5H,6-10,15H2,1H3. The third-order valence-corrected chi connectivity index (χ3v) is 3.95. The molecule has 0 aliphatic heterocycles. The molecule has 0 radical (unpaired) electrons. The van der Waals surface area contributed by atoms with Crippen molar-refractivity contribution in [1.82, 2.24) is 0 Å². The second-order valence-corrected chi connectivity index (χ2v) is 5.23. The molecule has 1 saturated carbocycles. The van der Waals surface area contributed by atoms with Crippen LogP contribution >= 0.6 is 11.6 Å². The van der Waals surface area contributed by atoms with Gasteiger partial charge in [-0.15, -0.1) is 0 Å². The molecule has 0 saturated heterocycles. The van der Waals surface area contributed by atoms with E-state index in [2.05, 4.69) is 18.0 Å². The summed E-state index contributed by atoms with van der Waals surface area (Å²) in [6.45, 7) is 1.85. The Hall–Kier alpha value is -0.730. The van der Waals surface area contributed by atoms with E-state index < -0.39 is 0 Å². The third kappa shape index (κ3) is 2.50. The van der Waals surface area contributed by atoms with E-state index >= 15 is 0 Å². The van der Waals surface area contributed by atoms with Crippen molar-refractivity contribution >= 4 is 17.3 Å². The zero-order valence-electron chi connectivity index (χ0n) is 9.75. The number of nitrogens with zero attached hydrogens (tertiary/aromatic N) is 1. The Morgan fingerprint density at radius 2 is 2.06 bits per heavy atom. The first-order chi connectivity index (χ1) is 7.67. The van der Waals surface area contributed by atoms with Crippen LogP contribution in [0.1, 0.15) is 19.3 Å². The van der Waals surface area contributed by atoms with Crippen LogP contribution in [0.15, 0.2) is 24.3 Å². The quantitative estimate of drug-likeness (QED) is 0.855. The van der Waals surface area contributed by atoms with Gasteiger partial charge in [0.1, 0.15) is 0 Å². The van der Waals surface area contributed by atoms with Crippen molar-refractivity contribution in [1.29, 1.82) is 0 Å². The molecule has 2 rings (SSSR count). The van der Waals surface area contributed by atoms with Crippen LogP contribution in [0.25, 0.3) is 0 Å². The highest BCUT2D eigenvalue weighted by atomic mass is 35.5. The monoisotopic (exact) mass is 238 g/mol. The highest BCUT2D eigenvalue weighted by molar-refractivity contribution is 6.33. The zero-order chi connectivity index (χ0) is 11.6. The summed E-state index contributed by atoms with van der Waals surface area (Å²) < 4.78 is 0. The molecule has 0 unspecified atom stereocenters. The lowest BCUT2D eigenvalue weighted by Crippen LogP contribution is -2.25. The molecule has 0 bridgehead atoms. The minimum absolute atomic E-state index is 0.440. The van der Waals surface area contributed by atoms with Gasteiger partial charge in [0.25, 0.3) is 0 Å². The molecule has 2 N–H and O–H groups in total. The molecule has 1 fully saturated rings. The maximum atomic E-state index is 6.15. The van der Waals surface area contributed by atoms with E-state index in [1.54, 1.807) is 0 Å². The van der Waals surface area contributed by atoms with E-state index in [4.69, 9.17) is 17.3 Å². The number of nitrogens with two attached hydrogens (primary N) is 1. The van der Waals surface area contributed by atoms with E-state index in [1.807, 2.05) is 18.2 Å². The molecule has 1 aromatic rings. The Kier molecular flexibility index (Phi) is 3.41. The van der Waals surface area contributed by atoms with Gasteiger partial charge in [0.15, 0.2) is 0 Å². The molecule has 0 heterocycles. The molecule has 88 valence electrons. The van der Waals surface area contributed by atoms with Gasteiger partial charge in [0, 0.05) is 13.6 Å². The van der Waals surface area contributed by atoms with Gasteiger partial charge < -0.3 is 10.6 Å². The third-order valence-electron chi connectivity index (χ3n) is 3.63. The summed E-state index contributed by atoms with van der Waals surface area (Å²) in [6, 6.07) is 7.98. The van der Waals surface area contributed by atoms with Gasteiger partial charge in [-0.05, 0) is 43.4 Å². The summed E-state index contributed by atoms with van der Waals surface area (Å²) in [7, 11) is 2.09. The van der Waals surface area contributed by atoms with Crippen LogP contribution in [-0.4, -0.2) is 20.1 Å². The second kappa shape index (κ2) is 4.64. The van der Waals surface area contributed by atoms with Gasteiger partial charge in [-0.25, -0.2) is 0 Å². The largest absolute Gasteiger partial charge is 0.373 e. The molecule has 1 aliphatic carbocycles. The Morgan fingerprint density at radius 3 is 2.62 bits per heavy atom. The summed E-state index contributed by atoms with van der Waals surface area (Å²) >= 11 is 6.15. The SMILES string of the molecule is CN(CCC1(CN)CC1)c1ccccc1Cl. The molecule has 0 amide bonds. The molecular formula is C13H19ClN2. The lowest BCUT2D eigenvalue weighted by atomic mass is 10.0. The minimum atomic E-state index is 0.440. The second-order valence-electron chi connectivity index (χ2n) is 4.83. The number of anilines is 1. The number of para-hydroxylation sites is 1. The first-order valence-electron chi connectivity index (χ1n) is 5.83. The topological polar surface area (TPSA) is 29.3 Å². The van der Waals surface area contributed by atoms with E-state index in [9.17, 15) is 0 Å². The Morgan fingerprint density at radius 1 is 1.38 bits per heavy atom. The number of halogens is 1. The first-order valence-corrected chi connectivity index (χ1v) is 6.20. The van der Waals surface area contributed by atoms with Gasteiger partial charge in [-0.3, -0.25) is 0 Å². The predicted molar refractivity (Wildman–Crippen MR) is 70.1 cm³/mol. The molecule has 2 nitrogen and oxygen atoms in total. The minimum Gasteiger partial charge on any atom is -0.373 e. The fourth-order valence-electron chi connectivity index (χ4n) is 2.02. The molecule has 0 aromatic heterocycles. The molecular weight excluding hydrogens is 220 g/mol. The summed E-state index contributed by atoms with van der Waals surface area (Å²) in [5, 5.41) is 0.822. The highest BCUT2D eigenvalue weighted by Crippen LogP contribution is 2.47. The van der Waals surface area contributed by atoms with Crippen LogP contribution in [0.2, 0.25) is 5.02 Å². The highest BCUT2D eigenvalue weighted by Gasteiger charge is 2.40. The first kappa shape index (κ1) is 11.7. The average molecular weight is 239 g/mol. The lowest BCUT2D eigenvalue weighted by Gasteiger charge is -2.23. The predicted octanol–water partition coefficient (Wildman–Crippen LogP) is 2.91. The van der Waals surface area contributed by atoms with Crippen LogP contribution < -0.4 is 10.6 Å². The van der Waals surface area contributed by atoms with Crippen LogP contribution in [0.5, 0.6) is 0 Å². The van der Waals surface area contributed by atoms with E-state index in [1.165, 1.54) is 19.3 Å². The summed E-state index contributed by atoms with van der Waals surface area (Å²) in [4.78, 5) is 2.22. The summed E-state index contributed by atoms with van der Waals surface area (Å²) in [6.07, 6.45) is 3.75. The molecule has 1 aliphatic rings. The van der Waals surface area contributed by atoms with Crippen LogP contribution in [-0.2, 0) is 0 Å². The normalized spacial score (nSPS) is 17.2. The number of hydrogen-bond donors (Lipinski definition) is 1. The molecule has 1 aromatic carbocycles. The van der Waals surface area contributed by atoms with Gasteiger partial charge in [0.2, 0.25) is 0 Å². The zero-order valence-corrected chi connectivity index (χ0v) is 10.5. The average Bonchev–Trinajstić information content (AvgIpc) is 3.07. The maximum absolute atomic E-state index is 6.15. The van der Waals surface area contributed by atoms with Crippen LogP contribution in [0, 0.1) is 5.41 Å². The van der Waals surface area contributed by atoms with Crippen LogP contribution in [0.3, 0.4) is 0 Å². The van der Waals surface area contributed by atoms with E-state index in [-0.39, 0.29) is 0 Å². The van der Waals surface area contributed by atoms with Crippen molar-refractivity contribution in [3.05, 3.63) is 29.3 Å². The maximum Gasteiger partial charge on any atom is 0.0639 e. The van der Waals surface area contributed by atoms with Gasteiger partial charge in [0.05, 0.1) is 10.7 Å². The van der Waals surface area contributed by atoms with E-state index in [0.29, 0.717) is 5.41 Å². The number of benzene rings is 1. The number of rotatable bonds is 5. The Bertz CT molecular complexity index is 361. The van der Waals surface area contributed by atoms with Crippen molar-refractivity contribution in [3.8, 4) is 0 Å². The number of hydrogen-bond acceptors (Lipinski definition) is 2. The van der Waals surface area contributed by atoms with Crippen molar-refractivity contribution in [2.45, 2.75) is 19.3 Å². The fourth-order valence-corrected chi connectivity index (χ4v) is 2.30. The molecule has 3 heteroatoms. The van der Waals surface area contributed by atoms with Crippen molar-refractivity contribution in [2.24, 2.45) is 11.1 Å². The molecule has 0 atom stereocenters. The van der Waals surface area contributed by atoms with E-state index in [0.717, 1.165) is 23.8 Å². The summed E-state index contributed by atoms with van der Waals surface area (Å²) in [5.74, 6) is 0. The van der Waals surface area contributed by atoms with Crippen molar-refractivity contribution < 1.29 is 0 Å². The van der Waals surface area contributed by atoms with Crippen LogP contribution in [0.4, 0.5) is 5.69 Å². The van der Waals surface area contributed by atoms with Crippen molar-refractivity contribution in [3.63, 3.8) is 0 Å². The lowest BCUT2D eigenvalue weighted by molar-refractivity contribution is 0.481. The molecule has 0 spiro atoms. The smallest absolute Gasteiger partial charge is 0.0639 e. The summed E-state index contributed by atoms with van der Waals surface area (Å²) in [5.41, 5.74) is 7.33. The molecule has 16 heavy (non-hydrogen) atoms.